The van der Waals surface area contributed by atoms with Gasteiger partial charge in [0.25, 0.3) is 0 Å². The maximum absolute atomic E-state index is 14.2. The van der Waals surface area contributed by atoms with Crippen molar-refractivity contribution < 1.29 is 14.7 Å². The van der Waals surface area contributed by atoms with Crippen LogP contribution in [0, 0.1) is 0 Å². The quantitative estimate of drug-likeness (QED) is 0.220. The molecule has 1 aromatic heterocycles. The molecule has 42 heavy (non-hydrogen) atoms. The third kappa shape index (κ3) is 6.78. The van der Waals surface area contributed by atoms with Crippen molar-refractivity contribution in [3.63, 3.8) is 0 Å². The van der Waals surface area contributed by atoms with Crippen molar-refractivity contribution in [2.45, 2.75) is 64.3 Å². The standard InChI is InChI=1S/C34H39N5O3/c1-23(40)21-37-34(2,3)20-31(41)38-29-17-16-24-10-5-9-15-30(24)39(33(29)42)22-25-11-4-6-12-26(25)27-13-7-8-14-28(27)32-35-18-19-36-32/h4-15,18-19,23,29,37,40H,16-17,20-22H2,1-3H3,(H,35,36)(H,38,41)/t23-,29-/m1/s1. The number of nitrogens with one attached hydrogen (secondary N) is 3. The lowest BCUT2D eigenvalue weighted by Crippen LogP contribution is -2.51. The van der Waals surface area contributed by atoms with Gasteiger partial charge >= 0.3 is 0 Å². The Kier molecular flexibility index (Phi) is 8.85. The molecule has 0 saturated carbocycles. The lowest BCUT2D eigenvalue weighted by Gasteiger charge is -2.29. The summed E-state index contributed by atoms with van der Waals surface area (Å²) in [5.74, 6) is 0.456. The van der Waals surface area contributed by atoms with E-state index in [1.165, 1.54) is 0 Å². The highest BCUT2D eigenvalue weighted by molar-refractivity contribution is 6.00. The predicted molar refractivity (Wildman–Crippen MR) is 166 cm³/mol. The number of hydrogen-bond donors (Lipinski definition) is 4. The number of aromatic nitrogens is 2. The van der Waals surface area contributed by atoms with Gasteiger partial charge in [0.1, 0.15) is 11.9 Å². The number of aliphatic hydroxyl groups is 1. The summed E-state index contributed by atoms with van der Waals surface area (Å²) in [4.78, 5) is 36.9. The number of carbonyl (C=O) groups excluding carboxylic acids is 2. The van der Waals surface area contributed by atoms with E-state index in [2.05, 4.69) is 44.9 Å². The number of aromatic amines is 1. The Morgan fingerprint density at radius 1 is 1.05 bits per heavy atom. The third-order valence-corrected chi connectivity index (χ3v) is 7.68. The van der Waals surface area contributed by atoms with Gasteiger partial charge in [0, 0.05) is 42.1 Å². The zero-order valence-corrected chi connectivity index (χ0v) is 24.4. The molecule has 0 spiro atoms. The van der Waals surface area contributed by atoms with Crippen LogP contribution in [0.1, 0.15) is 44.7 Å². The Morgan fingerprint density at radius 2 is 1.74 bits per heavy atom. The van der Waals surface area contributed by atoms with Crippen LogP contribution in [0.2, 0.25) is 0 Å². The van der Waals surface area contributed by atoms with Crippen LogP contribution in [0.25, 0.3) is 22.5 Å². The fourth-order valence-corrected chi connectivity index (χ4v) is 5.57. The number of carbonyl (C=O) groups is 2. The molecule has 0 fully saturated rings. The maximum atomic E-state index is 14.2. The Bertz CT molecular complexity index is 1530. The number of nitrogens with zero attached hydrogens (tertiary/aromatic N) is 2. The Morgan fingerprint density at radius 3 is 2.48 bits per heavy atom. The molecular formula is C34H39N5O3. The normalized spacial score (nSPS) is 16.0. The first-order chi connectivity index (χ1) is 20.2. The van der Waals surface area contributed by atoms with Crippen LogP contribution in [-0.2, 0) is 22.6 Å². The summed E-state index contributed by atoms with van der Waals surface area (Å²) in [5.41, 5.74) is 5.44. The molecule has 0 unspecified atom stereocenters. The molecule has 0 radical (unpaired) electrons. The molecule has 0 bridgehead atoms. The van der Waals surface area contributed by atoms with Crippen LogP contribution >= 0.6 is 0 Å². The summed E-state index contributed by atoms with van der Waals surface area (Å²) < 4.78 is 0. The molecule has 4 N–H and O–H groups in total. The first-order valence-electron chi connectivity index (χ1n) is 14.5. The number of benzene rings is 3. The second kappa shape index (κ2) is 12.7. The SMILES string of the molecule is C[C@@H](O)CNC(C)(C)CC(=O)N[C@@H]1CCc2ccccc2N(Cc2ccccc2-c2ccccc2-c2ncc[nH]2)C1=O. The average Bonchev–Trinajstić information content (AvgIpc) is 3.48. The third-order valence-electron chi connectivity index (χ3n) is 7.68. The number of aryl methyl sites for hydroxylation is 1. The average molecular weight is 566 g/mol. The van der Waals surface area contributed by atoms with Crippen molar-refractivity contribution in [2.24, 2.45) is 0 Å². The summed E-state index contributed by atoms with van der Waals surface area (Å²) in [6, 6.07) is 23.6. The monoisotopic (exact) mass is 565 g/mol. The van der Waals surface area contributed by atoms with Gasteiger partial charge in [0.2, 0.25) is 11.8 Å². The summed E-state index contributed by atoms with van der Waals surface area (Å²) in [6.45, 7) is 6.28. The number of amides is 2. The van der Waals surface area contributed by atoms with Gasteiger partial charge in [-0.2, -0.15) is 0 Å². The van der Waals surface area contributed by atoms with Crippen LogP contribution < -0.4 is 15.5 Å². The number of aliphatic hydroxyl groups excluding tert-OH is 1. The number of fused-ring (bicyclic) bond motifs is 1. The molecule has 8 nitrogen and oxygen atoms in total. The minimum atomic E-state index is -0.653. The highest BCUT2D eigenvalue weighted by Gasteiger charge is 2.33. The van der Waals surface area contributed by atoms with E-state index in [0.717, 1.165) is 39.3 Å². The minimum Gasteiger partial charge on any atom is -0.392 e. The second-order valence-electron chi connectivity index (χ2n) is 11.6. The number of hydrogen-bond acceptors (Lipinski definition) is 5. The molecule has 4 aromatic rings. The number of H-pyrrole nitrogens is 1. The fraction of sp³-hybridized carbons (Fsp3) is 0.324. The topological polar surface area (TPSA) is 110 Å². The summed E-state index contributed by atoms with van der Waals surface area (Å²) in [6.07, 6.45) is 4.41. The van der Waals surface area contributed by atoms with Gasteiger partial charge < -0.3 is 25.6 Å². The predicted octanol–water partition coefficient (Wildman–Crippen LogP) is 4.85. The van der Waals surface area contributed by atoms with E-state index in [-0.39, 0.29) is 18.2 Å². The number of β-amino-alcohol motifs (C(OH)–C–C–N with tert-alkyl or cyclic N) is 1. The Hall–Kier alpha value is -4.27. The largest absolute Gasteiger partial charge is 0.392 e. The van der Waals surface area contributed by atoms with Crippen LogP contribution in [0.5, 0.6) is 0 Å². The summed E-state index contributed by atoms with van der Waals surface area (Å²) in [5, 5.41) is 15.9. The second-order valence-corrected chi connectivity index (χ2v) is 11.6. The van der Waals surface area contributed by atoms with E-state index in [0.29, 0.717) is 25.9 Å². The zero-order chi connectivity index (χ0) is 29.7. The minimum absolute atomic E-state index is 0.128. The molecule has 218 valence electrons. The van der Waals surface area contributed by atoms with Gasteiger partial charge in [0.15, 0.2) is 0 Å². The molecule has 1 aliphatic rings. The summed E-state index contributed by atoms with van der Waals surface area (Å²) >= 11 is 0. The number of imidazole rings is 1. The maximum Gasteiger partial charge on any atom is 0.249 e. The molecule has 0 saturated heterocycles. The van der Waals surface area contributed by atoms with Crippen molar-refractivity contribution in [3.05, 3.63) is 96.3 Å². The molecular weight excluding hydrogens is 526 g/mol. The Labute approximate surface area is 247 Å². The Balaban J connectivity index is 1.44. The zero-order valence-electron chi connectivity index (χ0n) is 24.4. The van der Waals surface area contributed by atoms with E-state index in [1.807, 2.05) is 73.5 Å². The lowest BCUT2D eigenvalue weighted by atomic mass is 9.94. The highest BCUT2D eigenvalue weighted by atomic mass is 16.3. The molecule has 2 amide bonds. The van der Waals surface area contributed by atoms with Crippen molar-refractivity contribution in [1.82, 2.24) is 20.6 Å². The molecule has 5 rings (SSSR count). The van der Waals surface area contributed by atoms with Gasteiger partial charge in [0.05, 0.1) is 12.6 Å². The van der Waals surface area contributed by atoms with E-state index < -0.39 is 17.7 Å². The molecule has 2 atom stereocenters. The molecule has 2 heterocycles. The van der Waals surface area contributed by atoms with Gasteiger partial charge in [-0.15, -0.1) is 0 Å². The number of anilines is 1. The van der Waals surface area contributed by atoms with Crippen LogP contribution in [-0.4, -0.2) is 51.1 Å². The van der Waals surface area contributed by atoms with E-state index in [9.17, 15) is 14.7 Å². The van der Waals surface area contributed by atoms with Gasteiger partial charge in [-0.25, -0.2) is 4.98 Å². The van der Waals surface area contributed by atoms with Crippen molar-refractivity contribution in [2.75, 3.05) is 11.4 Å². The van der Waals surface area contributed by atoms with Crippen LogP contribution in [0.3, 0.4) is 0 Å². The molecule has 0 aliphatic carbocycles. The lowest BCUT2D eigenvalue weighted by molar-refractivity contribution is -0.128. The first kappa shape index (κ1) is 29.2. The molecule has 8 heteroatoms. The van der Waals surface area contributed by atoms with Crippen LogP contribution in [0.15, 0.2) is 85.2 Å². The van der Waals surface area contributed by atoms with Crippen LogP contribution in [0.4, 0.5) is 5.69 Å². The van der Waals surface area contributed by atoms with E-state index in [1.54, 1.807) is 13.1 Å². The van der Waals surface area contributed by atoms with E-state index in [4.69, 9.17) is 0 Å². The van der Waals surface area contributed by atoms with Gasteiger partial charge in [-0.05, 0) is 61.9 Å². The highest BCUT2D eigenvalue weighted by Crippen LogP contribution is 2.35. The first-order valence-corrected chi connectivity index (χ1v) is 14.5. The molecule has 1 aliphatic heterocycles. The van der Waals surface area contributed by atoms with E-state index >= 15 is 0 Å². The van der Waals surface area contributed by atoms with Crippen molar-refractivity contribution in [1.29, 1.82) is 0 Å². The number of para-hydroxylation sites is 1. The number of rotatable bonds is 10. The summed E-state index contributed by atoms with van der Waals surface area (Å²) in [7, 11) is 0. The molecule has 3 aromatic carbocycles. The smallest absolute Gasteiger partial charge is 0.249 e. The fourth-order valence-electron chi connectivity index (χ4n) is 5.57. The van der Waals surface area contributed by atoms with Crippen molar-refractivity contribution in [3.8, 4) is 22.5 Å². The van der Waals surface area contributed by atoms with Gasteiger partial charge in [-0.1, -0.05) is 66.7 Å². The van der Waals surface area contributed by atoms with Gasteiger partial charge in [-0.3, -0.25) is 9.59 Å². The van der Waals surface area contributed by atoms with Crippen molar-refractivity contribution >= 4 is 17.5 Å².